The molecule has 0 spiro atoms. The summed E-state index contributed by atoms with van der Waals surface area (Å²) >= 11 is 0. The van der Waals surface area contributed by atoms with Crippen LogP contribution in [0.1, 0.15) is 87.3 Å². The zero-order valence-electron chi connectivity index (χ0n) is 18.8. The van der Waals surface area contributed by atoms with E-state index in [0.29, 0.717) is 56.4 Å². The summed E-state index contributed by atoms with van der Waals surface area (Å²) in [7, 11) is 0. The van der Waals surface area contributed by atoms with Gasteiger partial charge in [0, 0.05) is 32.5 Å². The Morgan fingerprint density at radius 1 is 1.03 bits per heavy atom. The summed E-state index contributed by atoms with van der Waals surface area (Å²) in [6.45, 7) is 2.26. The highest BCUT2D eigenvalue weighted by molar-refractivity contribution is 5.81. The minimum Gasteiger partial charge on any atom is -0.368 e. The molecule has 2 saturated heterocycles. The number of carbonyl (C=O) groups is 2. The molecule has 2 unspecified atom stereocenters. The van der Waals surface area contributed by atoms with Crippen molar-refractivity contribution in [3.8, 4) is 0 Å². The van der Waals surface area contributed by atoms with Crippen LogP contribution in [0.4, 0.5) is 0 Å². The molecule has 0 bridgehead atoms. The van der Waals surface area contributed by atoms with Gasteiger partial charge in [0.25, 0.3) is 11.5 Å². The number of carbonyl (C=O) groups excluding carboxylic acids is 2. The quantitative estimate of drug-likeness (QED) is 0.773. The first-order chi connectivity index (χ1) is 15.6. The Morgan fingerprint density at radius 3 is 2.66 bits per heavy atom. The molecule has 4 heterocycles. The monoisotopic (exact) mass is 442 g/mol. The molecule has 0 radical (unpaired) electrons. The maximum Gasteiger partial charge on any atom is 0.256 e. The molecule has 8 nitrogen and oxygen atoms in total. The smallest absolute Gasteiger partial charge is 0.256 e. The Bertz CT molecular complexity index is 917. The molecule has 3 aliphatic heterocycles. The highest BCUT2D eigenvalue weighted by Crippen LogP contribution is 2.32. The van der Waals surface area contributed by atoms with Crippen molar-refractivity contribution >= 4 is 11.8 Å². The van der Waals surface area contributed by atoms with E-state index in [1.165, 1.54) is 19.3 Å². The summed E-state index contributed by atoms with van der Waals surface area (Å²) in [4.78, 5) is 50.2. The van der Waals surface area contributed by atoms with Gasteiger partial charge in [-0.1, -0.05) is 19.3 Å². The number of aromatic amines is 1. The Kier molecular flexibility index (Phi) is 6.31. The van der Waals surface area contributed by atoms with Crippen LogP contribution in [0.5, 0.6) is 0 Å². The minimum atomic E-state index is -0.358. The number of nitrogens with zero attached hydrogens (tertiary/aromatic N) is 3. The van der Waals surface area contributed by atoms with E-state index in [9.17, 15) is 14.4 Å². The number of likely N-dealkylation sites (tertiary alicyclic amines) is 1. The summed E-state index contributed by atoms with van der Waals surface area (Å²) in [5.74, 6) is 1.26. The van der Waals surface area contributed by atoms with Gasteiger partial charge in [-0.15, -0.1) is 0 Å². The molecule has 1 aliphatic carbocycles. The first kappa shape index (κ1) is 21.6. The average Bonchev–Trinajstić information content (AvgIpc) is 3.51. The predicted octanol–water partition coefficient (Wildman–Crippen LogP) is 2.47. The van der Waals surface area contributed by atoms with Gasteiger partial charge in [-0.05, 0) is 44.4 Å². The van der Waals surface area contributed by atoms with Crippen molar-refractivity contribution in [1.82, 2.24) is 19.8 Å². The number of nitrogens with one attached hydrogen (secondary N) is 1. The Balaban J connectivity index is 1.29. The first-order valence-corrected chi connectivity index (χ1v) is 12.4. The van der Waals surface area contributed by atoms with Gasteiger partial charge in [-0.3, -0.25) is 14.4 Å². The zero-order chi connectivity index (χ0) is 22.1. The molecule has 1 N–H and O–H groups in total. The van der Waals surface area contributed by atoms with Crippen LogP contribution in [0.3, 0.4) is 0 Å². The predicted molar refractivity (Wildman–Crippen MR) is 118 cm³/mol. The maximum atomic E-state index is 13.0. The van der Waals surface area contributed by atoms with Gasteiger partial charge < -0.3 is 19.5 Å². The maximum absolute atomic E-state index is 13.0. The number of fused-ring (bicyclic) bond motifs is 1. The summed E-state index contributed by atoms with van der Waals surface area (Å²) in [6.07, 6.45) is 10.2. The van der Waals surface area contributed by atoms with E-state index in [1.54, 1.807) is 0 Å². The molecule has 8 heteroatoms. The fourth-order valence-corrected chi connectivity index (χ4v) is 5.85. The van der Waals surface area contributed by atoms with Gasteiger partial charge in [0.05, 0.1) is 23.8 Å². The van der Waals surface area contributed by atoms with E-state index in [0.717, 1.165) is 44.2 Å². The van der Waals surface area contributed by atoms with Crippen molar-refractivity contribution in [1.29, 1.82) is 0 Å². The van der Waals surface area contributed by atoms with E-state index in [1.807, 2.05) is 9.80 Å². The minimum absolute atomic E-state index is 0.0184. The van der Waals surface area contributed by atoms with Crippen LogP contribution in [0, 0.1) is 5.92 Å². The van der Waals surface area contributed by atoms with Gasteiger partial charge in [-0.25, -0.2) is 4.98 Å². The van der Waals surface area contributed by atoms with Gasteiger partial charge >= 0.3 is 0 Å². The van der Waals surface area contributed by atoms with Crippen LogP contribution in [0.2, 0.25) is 0 Å². The number of hydrogen-bond donors (Lipinski definition) is 1. The third kappa shape index (κ3) is 4.34. The molecular formula is C24H34N4O4. The lowest BCUT2D eigenvalue weighted by molar-refractivity contribution is -0.142. The summed E-state index contributed by atoms with van der Waals surface area (Å²) in [5, 5.41) is 0. The second-order valence-corrected chi connectivity index (χ2v) is 9.84. The van der Waals surface area contributed by atoms with Gasteiger partial charge in [0.1, 0.15) is 11.9 Å². The Morgan fingerprint density at radius 2 is 1.88 bits per heavy atom. The molecular weight excluding hydrogens is 408 g/mol. The SMILES string of the molecule is O=C(CC1CCCCC1)N1CCc2nc(C3CCCN3C(=O)C3CCCO3)[nH]c(=O)c2C1. The van der Waals surface area contributed by atoms with Crippen molar-refractivity contribution in [2.75, 3.05) is 19.7 Å². The van der Waals surface area contributed by atoms with Gasteiger partial charge in [-0.2, -0.15) is 0 Å². The van der Waals surface area contributed by atoms with E-state index in [-0.39, 0.29) is 29.5 Å². The van der Waals surface area contributed by atoms with Crippen LogP contribution < -0.4 is 5.56 Å². The fourth-order valence-electron chi connectivity index (χ4n) is 5.85. The van der Waals surface area contributed by atoms with E-state index in [4.69, 9.17) is 9.72 Å². The summed E-state index contributed by atoms with van der Waals surface area (Å²) in [5.41, 5.74) is 1.21. The first-order valence-electron chi connectivity index (χ1n) is 12.4. The molecule has 5 rings (SSSR count). The van der Waals surface area contributed by atoms with E-state index >= 15 is 0 Å². The molecule has 1 aromatic heterocycles. The average molecular weight is 443 g/mol. The molecule has 32 heavy (non-hydrogen) atoms. The second kappa shape index (κ2) is 9.33. The van der Waals surface area contributed by atoms with Gasteiger partial charge in [0.2, 0.25) is 5.91 Å². The third-order valence-corrected chi connectivity index (χ3v) is 7.68. The topological polar surface area (TPSA) is 95.6 Å². The van der Waals surface area contributed by atoms with Crippen LogP contribution in [-0.4, -0.2) is 57.4 Å². The van der Waals surface area contributed by atoms with Crippen LogP contribution >= 0.6 is 0 Å². The number of amides is 2. The molecule has 1 saturated carbocycles. The molecule has 0 aromatic carbocycles. The second-order valence-electron chi connectivity index (χ2n) is 9.84. The Labute approximate surface area is 188 Å². The van der Waals surface area contributed by atoms with Crippen LogP contribution in [0.25, 0.3) is 0 Å². The van der Waals surface area contributed by atoms with Crippen molar-refractivity contribution < 1.29 is 14.3 Å². The third-order valence-electron chi connectivity index (χ3n) is 7.68. The van der Waals surface area contributed by atoms with E-state index < -0.39 is 0 Å². The van der Waals surface area contributed by atoms with Crippen molar-refractivity contribution in [2.24, 2.45) is 5.92 Å². The van der Waals surface area contributed by atoms with Gasteiger partial charge in [0.15, 0.2) is 0 Å². The lowest BCUT2D eigenvalue weighted by Crippen LogP contribution is -2.42. The zero-order valence-corrected chi connectivity index (χ0v) is 18.8. The normalized spacial score (nSPS) is 26.4. The number of ether oxygens (including phenoxy) is 1. The van der Waals surface area contributed by atoms with Crippen LogP contribution in [-0.2, 0) is 27.3 Å². The highest BCUT2D eigenvalue weighted by Gasteiger charge is 2.37. The number of H-pyrrole nitrogens is 1. The number of rotatable bonds is 4. The number of hydrogen-bond acceptors (Lipinski definition) is 5. The van der Waals surface area contributed by atoms with Crippen molar-refractivity contribution in [3.05, 3.63) is 27.4 Å². The standard InChI is InChI=1S/C24H34N4O4/c29-21(14-16-6-2-1-3-7-16)27-12-10-18-17(15-27)23(30)26-22(25-18)19-8-4-11-28(19)24(31)20-9-5-13-32-20/h16,19-20H,1-15H2,(H,25,26,30). The molecule has 2 amide bonds. The highest BCUT2D eigenvalue weighted by atomic mass is 16.5. The molecule has 3 fully saturated rings. The molecule has 2 atom stereocenters. The van der Waals surface area contributed by atoms with Crippen LogP contribution in [0.15, 0.2) is 4.79 Å². The Hall–Kier alpha value is -2.22. The van der Waals surface area contributed by atoms with E-state index in [2.05, 4.69) is 4.98 Å². The fraction of sp³-hybridized carbons (Fsp3) is 0.750. The summed E-state index contributed by atoms with van der Waals surface area (Å²) in [6, 6.07) is -0.198. The lowest BCUT2D eigenvalue weighted by atomic mass is 9.86. The van der Waals surface area contributed by atoms with Crippen molar-refractivity contribution in [2.45, 2.75) is 89.3 Å². The molecule has 174 valence electrons. The molecule has 4 aliphatic rings. The molecule has 1 aromatic rings. The number of aromatic nitrogens is 2. The summed E-state index contributed by atoms with van der Waals surface area (Å²) < 4.78 is 5.59. The largest absolute Gasteiger partial charge is 0.368 e. The van der Waals surface area contributed by atoms with Crippen molar-refractivity contribution in [3.63, 3.8) is 0 Å². The lowest BCUT2D eigenvalue weighted by Gasteiger charge is -2.31.